The van der Waals surface area contributed by atoms with Gasteiger partial charge in [-0.1, -0.05) is 6.58 Å². The van der Waals surface area contributed by atoms with Crippen molar-refractivity contribution in [1.82, 2.24) is 0 Å². The minimum Gasteiger partial charge on any atom is -0.458 e. The van der Waals surface area contributed by atoms with Gasteiger partial charge in [0.2, 0.25) is 0 Å². The Morgan fingerprint density at radius 1 is 1.52 bits per heavy atom. The third kappa shape index (κ3) is 1.41. The highest BCUT2D eigenvalue weighted by Crippen LogP contribution is 2.70. The lowest BCUT2D eigenvalue weighted by molar-refractivity contribution is -0.164. The summed E-state index contributed by atoms with van der Waals surface area (Å²) in [7, 11) is 0. The predicted octanol–water partition coefficient (Wildman–Crippen LogP) is 0.611. The van der Waals surface area contributed by atoms with E-state index in [-0.39, 0.29) is 17.9 Å². The summed E-state index contributed by atoms with van der Waals surface area (Å²) < 4.78 is 11.3. The normalized spacial score (nSPS) is 59.1. The van der Waals surface area contributed by atoms with Gasteiger partial charge < -0.3 is 19.7 Å². The fourth-order valence-corrected chi connectivity index (χ4v) is 5.40. The van der Waals surface area contributed by atoms with E-state index < -0.39 is 40.7 Å². The van der Waals surface area contributed by atoms with Gasteiger partial charge in [-0.15, -0.1) is 11.6 Å². The van der Waals surface area contributed by atoms with E-state index in [1.165, 1.54) is 0 Å². The first-order valence-corrected chi connectivity index (χ1v) is 7.78. The Hall–Kier alpha value is -0.620. The fourth-order valence-electron chi connectivity index (χ4n) is 5.02. The fraction of sp³-hybridized carbons (Fsp3) is 0.800. The van der Waals surface area contributed by atoms with Crippen LogP contribution in [-0.2, 0) is 14.3 Å². The number of ether oxygens (including phenoxy) is 2. The number of rotatable bonds is 1. The lowest BCUT2D eigenvalue weighted by atomic mass is 9.62. The monoisotopic (exact) mass is 314 g/mol. The zero-order valence-corrected chi connectivity index (χ0v) is 12.7. The van der Waals surface area contributed by atoms with Crippen LogP contribution >= 0.6 is 11.6 Å². The largest absolute Gasteiger partial charge is 0.458 e. The summed E-state index contributed by atoms with van der Waals surface area (Å²) >= 11 is 6.38. The summed E-state index contributed by atoms with van der Waals surface area (Å²) in [6, 6.07) is 0. The van der Waals surface area contributed by atoms with Gasteiger partial charge in [-0.3, -0.25) is 0 Å². The molecule has 2 aliphatic heterocycles. The van der Waals surface area contributed by atoms with Crippen LogP contribution in [0.5, 0.6) is 0 Å². The lowest BCUT2D eigenvalue weighted by Gasteiger charge is -2.46. The third-order valence-corrected chi connectivity index (χ3v) is 6.68. The van der Waals surface area contributed by atoms with Gasteiger partial charge in [0.25, 0.3) is 0 Å². The number of hydrogen-bond acceptors (Lipinski definition) is 5. The molecule has 0 amide bonds. The van der Waals surface area contributed by atoms with Crippen molar-refractivity contribution in [3.05, 3.63) is 12.2 Å². The van der Waals surface area contributed by atoms with Crippen molar-refractivity contribution in [3.8, 4) is 0 Å². The van der Waals surface area contributed by atoms with Crippen LogP contribution in [0.2, 0.25) is 0 Å². The first-order chi connectivity index (χ1) is 9.72. The molecule has 6 heteroatoms. The highest BCUT2D eigenvalue weighted by molar-refractivity contribution is 6.22. The van der Waals surface area contributed by atoms with E-state index >= 15 is 0 Å². The average molecular weight is 315 g/mol. The van der Waals surface area contributed by atoms with Crippen LogP contribution in [0.25, 0.3) is 0 Å². The van der Waals surface area contributed by atoms with Gasteiger partial charge in [-0.2, -0.15) is 0 Å². The van der Waals surface area contributed by atoms with Gasteiger partial charge in [-0.05, 0) is 20.3 Å². The molecule has 5 nitrogen and oxygen atoms in total. The van der Waals surface area contributed by atoms with Gasteiger partial charge in [0, 0.05) is 17.4 Å². The molecule has 0 aromatic rings. The van der Waals surface area contributed by atoms with E-state index in [0.29, 0.717) is 12.0 Å². The summed E-state index contributed by atoms with van der Waals surface area (Å²) in [6.45, 7) is 7.20. The minimum atomic E-state index is -1.20. The standard InChI is InChI=1S/C15H19ClO5/c1-5-7-4-8(6(2)17)15-10(9(7)20-13(5)18)14(3,19)11(16)12(15)21-15/h6-12,17,19H,1,4H2,2-3H3/t6-,7+,8+,9+,10+,11-,12-,14-,15+/m1/s1. The molecule has 0 aromatic heterocycles. The Labute approximate surface area is 127 Å². The molecule has 9 atom stereocenters. The van der Waals surface area contributed by atoms with Crippen LogP contribution in [-0.4, -0.2) is 51.1 Å². The molecular formula is C15H19ClO5. The number of esters is 1. The Morgan fingerprint density at radius 2 is 2.19 bits per heavy atom. The smallest absolute Gasteiger partial charge is 0.334 e. The van der Waals surface area contributed by atoms with Crippen LogP contribution < -0.4 is 0 Å². The maximum absolute atomic E-state index is 11.9. The third-order valence-electron chi connectivity index (χ3n) is 6.01. The van der Waals surface area contributed by atoms with Crippen LogP contribution in [0.1, 0.15) is 20.3 Å². The molecule has 2 aliphatic carbocycles. The van der Waals surface area contributed by atoms with Crippen molar-refractivity contribution >= 4 is 17.6 Å². The number of fused-ring (bicyclic) bond motifs is 2. The number of hydrogen-bond donors (Lipinski definition) is 2. The maximum atomic E-state index is 11.9. The average Bonchev–Trinajstić information content (AvgIpc) is 2.98. The van der Waals surface area contributed by atoms with E-state index in [0.717, 1.165) is 0 Å². The van der Waals surface area contributed by atoms with Gasteiger partial charge in [0.1, 0.15) is 17.8 Å². The number of epoxide rings is 1. The summed E-state index contributed by atoms with van der Waals surface area (Å²) in [5, 5.41) is 20.5. The predicted molar refractivity (Wildman–Crippen MR) is 73.7 cm³/mol. The summed E-state index contributed by atoms with van der Waals surface area (Å²) in [4.78, 5) is 11.9. The molecule has 21 heavy (non-hydrogen) atoms. The Kier molecular flexibility index (Phi) is 2.55. The van der Waals surface area contributed by atoms with Crippen molar-refractivity contribution in [1.29, 1.82) is 0 Å². The van der Waals surface area contributed by atoms with E-state index in [4.69, 9.17) is 21.1 Å². The number of aliphatic hydroxyl groups excluding tert-OH is 1. The minimum absolute atomic E-state index is 0.185. The topological polar surface area (TPSA) is 79.3 Å². The molecule has 2 saturated carbocycles. The molecule has 4 aliphatic rings. The molecule has 2 heterocycles. The molecule has 0 radical (unpaired) electrons. The molecule has 0 unspecified atom stereocenters. The quantitative estimate of drug-likeness (QED) is 0.321. The molecule has 116 valence electrons. The second-order valence-corrected chi connectivity index (χ2v) is 7.55. The van der Waals surface area contributed by atoms with Crippen LogP contribution in [0.4, 0.5) is 0 Å². The summed E-state index contributed by atoms with van der Waals surface area (Å²) in [6.07, 6.45) is -0.810. The molecule has 0 bridgehead atoms. The van der Waals surface area contributed by atoms with E-state index in [1.807, 2.05) is 0 Å². The number of carbonyl (C=O) groups is 1. The van der Waals surface area contributed by atoms with Crippen molar-refractivity contribution in [2.45, 2.75) is 55.2 Å². The van der Waals surface area contributed by atoms with Crippen LogP contribution in [0.15, 0.2) is 12.2 Å². The SMILES string of the molecule is C=C1C(=O)O[C@H]2[C@H]1C[C@@H]([C@@H](C)O)[C@@]13O[C@@H]1[C@@H](Cl)[C@](C)(O)[C@H]23. The van der Waals surface area contributed by atoms with Gasteiger partial charge in [0.15, 0.2) is 0 Å². The molecule has 4 fully saturated rings. The van der Waals surface area contributed by atoms with Gasteiger partial charge >= 0.3 is 5.97 Å². The van der Waals surface area contributed by atoms with Gasteiger partial charge in [0.05, 0.1) is 23.0 Å². The lowest BCUT2D eigenvalue weighted by Crippen LogP contribution is -2.58. The number of aliphatic hydroxyl groups is 2. The summed E-state index contributed by atoms with van der Waals surface area (Å²) in [5.41, 5.74) is -1.46. The Bertz CT molecular complexity index is 544. The van der Waals surface area contributed by atoms with E-state index in [9.17, 15) is 15.0 Å². The van der Waals surface area contributed by atoms with Crippen molar-refractivity contribution in [2.24, 2.45) is 17.8 Å². The molecular weight excluding hydrogens is 296 g/mol. The number of carbonyl (C=O) groups excluding carboxylic acids is 1. The molecule has 2 N–H and O–H groups in total. The molecule has 2 saturated heterocycles. The first kappa shape index (κ1) is 14.0. The van der Waals surface area contributed by atoms with Crippen LogP contribution in [0, 0.1) is 17.8 Å². The Balaban J connectivity index is 1.83. The zero-order chi connectivity index (χ0) is 15.3. The zero-order valence-electron chi connectivity index (χ0n) is 12.0. The van der Waals surface area contributed by atoms with E-state index in [2.05, 4.69) is 6.58 Å². The number of alkyl halides is 1. The van der Waals surface area contributed by atoms with E-state index in [1.54, 1.807) is 13.8 Å². The number of halogens is 1. The highest BCUT2D eigenvalue weighted by atomic mass is 35.5. The maximum Gasteiger partial charge on any atom is 0.334 e. The van der Waals surface area contributed by atoms with Crippen molar-refractivity contribution in [2.75, 3.05) is 0 Å². The Morgan fingerprint density at radius 3 is 2.81 bits per heavy atom. The van der Waals surface area contributed by atoms with Crippen molar-refractivity contribution in [3.63, 3.8) is 0 Å². The van der Waals surface area contributed by atoms with Gasteiger partial charge in [-0.25, -0.2) is 4.79 Å². The van der Waals surface area contributed by atoms with Crippen LogP contribution in [0.3, 0.4) is 0 Å². The highest BCUT2D eigenvalue weighted by Gasteiger charge is 2.84. The molecule has 0 aromatic carbocycles. The first-order valence-electron chi connectivity index (χ1n) is 7.35. The second-order valence-electron chi connectivity index (χ2n) is 7.08. The second kappa shape index (κ2) is 3.82. The molecule has 1 spiro atoms. The van der Waals surface area contributed by atoms with Crippen molar-refractivity contribution < 1.29 is 24.5 Å². The molecule has 4 rings (SSSR count). The summed E-state index contributed by atoms with van der Waals surface area (Å²) in [5.74, 6) is -1.22.